The van der Waals surface area contributed by atoms with E-state index in [2.05, 4.69) is 144 Å². The lowest BCUT2D eigenvalue weighted by molar-refractivity contribution is 0.484. The Labute approximate surface area is 390 Å². The minimum atomic E-state index is 0.535. The van der Waals surface area contributed by atoms with Gasteiger partial charge < -0.3 is 9.47 Å². The molecule has 68 heavy (non-hydrogen) atoms. The fraction of sp³-hybridized carbons (Fsp3) is 0.0508. The van der Waals surface area contributed by atoms with E-state index < -0.39 is 0 Å². The minimum absolute atomic E-state index is 0.535. The van der Waals surface area contributed by atoms with Crippen LogP contribution in [0.4, 0.5) is 0 Å². The van der Waals surface area contributed by atoms with Crippen LogP contribution >= 0.6 is 0 Å². The maximum Gasteiger partial charge on any atom is 0.234 e. The van der Waals surface area contributed by atoms with E-state index in [0.717, 1.165) is 88.2 Å². The fourth-order valence-corrected chi connectivity index (χ4v) is 10.3. The van der Waals surface area contributed by atoms with Crippen LogP contribution in [0, 0.1) is 20.8 Å². The molecule has 0 saturated heterocycles. The molecule has 7 aromatic carbocycles. The van der Waals surface area contributed by atoms with Gasteiger partial charge in [0, 0.05) is 86.9 Å². The van der Waals surface area contributed by atoms with Crippen molar-refractivity contribution in [2.24, 2.45) is 0 Å². The highest BCUT2D eigenvalue weighted by molar-refractivity contribution is 6.11. The maximum atomic E-state index is 6.76. The first kappa shape index (κ1) is 39.3. The summed E-state index contributed by atoms with van der Waals surface area (Å²) in [7, 11) is 0. The second kappa shape index (κ2) is 15.5. The fourth-order valence-electron chi connectivity index (χ4n) is 10.3. The van der Waals surface area contributed by atoms with Gasteiger partial charge in [0.15, 0.2) is 0 Å². The number of rotatable bonds is 8. The molecule has 0 amide bonds. The summed E-state index contributed by atoms with van der Waals surface area (Å²) < 4.78 is 20.0. The molecule has 0 saturated carbocycles. The van der Waals surface area contributed by atoms with Gasteiger partial charge in [-0.05, 0) is 122 Å². The molecule has 0 aliphatic carbocycles. The predicted molar refractivity (Wildman–Crippen MR) is 273 cm³/mol. The van der Waals surface area contributed by atoms with Gasteiger partial charge in [0.25, 0.3) is 0 Å². The Bertz CT molecular complexity index is 3880. The zero-order valence-corrected chi connectivity index (χ0v) is 37.4. The summed E-state index contributed by atoms with van der Waals surface area (Å²) in [5, 5.41) is 6.62. The quantitative estimate of drug-likeness (QED) is 0.151. The number of aromatic nitrogens is 7. The first-order valence-electron chi connectivity index (χ1n) is 22.7. The minimum Gasteiger partial charge on any atom is -0.457 e. The third kappa shape index (κ3) is 6.39. The van der Waals surface area contributed by atoms with Crippen molar-refractivity contribution in [2.45, 2.75) is 20.8 Å². The molecule has 0 atom stereocenters. The number of ether oxygens (including phenoxy) is 2. The van der Waals surface area contributed by atoms with Crippen LogP contribution in [0.2, 0.25) is 0 Å². The molecule has 9 heteroatoms. The molecule has 6 heterocycles. The summed E-state index contributed by atoms with van der Waals surface area (Å²) in [6, 6.07) is 58.2. The highest BCUT2D eigenvalue weighted by Gasteiger charge is 2.20. The van der Waals surface area contributed by atoms with Crippen molar-refractivity contribution in [1.29, 1.82) is 0 Å². The topological polar surface area (TPSA) is 84.8 Å². The van der Waals surface area contributed by atoms with E-state index in [4.69, 9.17) is 29.4 Å². The van der Waals surface area contributed by atoms with E-state index in [1.54, 1.807) is 0 Å². The molecule has 0 spiro atoms. The predicted octanol–water partition coefficient (Wildman–Crippen LogP) is 14.7. The summed E-state index contributed by atoms with van der Waals surface area (Å²) in [5.74, 6) is 4.99. The van der Waals surface area contributed by atoms with Gasteiger partial charge in [-0.1, -0.05) is 66.2 Å². The number of benzene rings is 7. The molecular formula is C59H41N7O2. The van der Waals surface area contributed by atoms with Crippen molar-refractivity contribution in [3.8, 4) is 51.7 Å². The van der Waals surface area contributed by atoms with Crippen molar-refractivity contribution >= 4 is 65.4 Å². The second-order valence-corrected chi connectivity index (χ2v) is 17.4. The van der Waals surface area contributed by atoms with Crippen LogP contribution in [-0.4, -0.2) is 33.6 Å². The van der Waals surface area contributed by atoms with Gasteiger partial charge in [0.05, 0.1) is 33.1 Å². The zero-order valence-electron chi connectivity index (χ0n) is 37.4. The van der Waals surface area contributed by atoms with Crippen LogP contribution in [0.1, 0.15) is 16.7 Å². The van der Waals surface area contributed by atoms with Gasteiger partial charge in [-0.2, -0.15) is 0 Å². The molecule has 6 aromatic heterocycles. The highest BCUT2D eigenvalue weighted by Crippen LogP contribution is 2.41. The molecule has 0 unspecified atom stereocenters. The molecule has 13 rings (SSSR count). The van der Waals surface area contributed by atoms with Crippen molar-refractivity contribution in [1.82, 2.24) is 33.6 Å². The van der Waals surface area contributed by atoms with Gasteiger partial charge in [0.2, 0.25) is 5.95 Å². The Morgan fingerprint density at radius 1 is 0.353 bits per heavy atom. The standard InChI is InChI=1S/C59H41N7O2/c1-36-28-37(2)58(38(3)29-36)39-34-62-59(63-35-39)66-54-32-42(67-40-18-22-46-44-12-4-6-14-50(44)64(52(46)30-40)56-16-8-10-26-60-56)20-24-48(54)49-25-21-43(33-55(49)66)68-41-19-23-47-45-13-5-7-15-51(45)65(53(47)31-41)57-17-9-11-27-61-57/h4-35H,1-3H3. The lowest BCUT2D eigenvalue weighted by atomic mass is 9.96. The third-order valence-electron chi connectivity index (χ3n) is 13.0. The number of nitrogens with zero attached hydrogens (tertiary/aromatic N) is 7. The zero-order chi connectivity index (χ0) is 45.5. The average Bonchev–Trinajstić information content (AvgIpc) is 3.99. The number of hydrogen-bond donors (Lipinski definition) is 0. The maximum absolute atomic E-state index is 6.76. The van der Waals surface area contributed by atoms with E-state index in [-0.39, 0.29) is 0 Å². The number of para-hydroxylation sites is 2. The molecule has 0 aliphatic heterocycles. The number of aryl methyl sites for hydroxylation is 3. The molecular weight excluding hydrogens is 839 g/mol. The molecule has 0 N–H and O–H groups in total. The third-order valence-corrected chi connectivity index (χ3v) is 13.0. The normalized spacial score (nSPS) is 11.8. The van der Waals surface area contributed by atoms with E-state index in [1.807, 2.05) is 85.5 Å². The van der Waals surface area contributed by atoms with Crippen molar-refractivity contribution in [3.05, 3.63) is 211 Å². The smallest absolute Gasteiger partial charge is 0.234 e. The van der Waals surface area contributed by atoms with Crippen LogP contribution in [0.5, 0.6) is 23.0 Å². The Morgan fingerprint density at radius 3 is 1.15 bits per heavy atom. The Kier molecular flexibility index (Phi) is 8.98. The molecule has 324 valence electrons. The first-order chi connectivity index (χ1) is 33.4. The van der Waals surface area contributed by atoms with E-state index in [0.29, 0.717) is 28.9 Å². The van der Waals surface area contributed by atoms with E-state index in [1.165, 1.54) is 16.7 Å². The van der Waals surface area contributed by atoms with Gasteiger partial charge in [-0.15, -0.1) is 0 Å². The summed E-state index contributed by atoms with van der Waals surface area (Å²) in [5.41, 5.74) is 11.7. The number of pyridine rings is 2. The van der Waals surface area contributed by atoms with Gasteiger partial charge in [-0.3, -0.25) is 13.7 Å². The summed E-state index contributed by atoms with van der Waals surface area (Å²) >= 11 is 0. The van der Waals surface area contributed by atoms with Crippen molar-refractivity contribution in [3.63, 3.8) is 0 Å². The summed E-state index contributed by atoms with van der Waals surface area (Å²) in [6.07, 6.45) is 7.50. The van der Waals surface area contributed by atoms with Crippen LogP contribution in [-0.2, 0) is 0 Å². The molecule has 0 radical (unpaired) electrons. The number of fused-ring (bicyclic) bond motifs is 9. The molecule has 9 nitrogen and oxygen atoms in total. The largest absolute Gasteiger partial charge is 0.457 e. The summed E-state index contributed by atoms with van der Waals surface area (Å²) in [4.78, 5) is 19.6. The Hall–Kier alpha value is -9.08. The van der Waals surface area contributed by atoms with Crippen LogP contribution in [0.15, 0.2) is 195 Å². The highest BCUT2D eigenvalue weighted by atomic mass is 16.5. The SMILES string of the molecule is Cc1cc(C)c(-c2cnc(-n3c4cc(Oc5ccc6c7ccccc7n(-c7ccccn7)c6c5)ccc4c4ccc(Oc5ccc6c7ccccc7n(-c7ccccn7)c6c5)cc43)nc2)c(C)c1. The monoisotopic (exact) mass is 879 g/mol. The van der Waals surface area contributed by atoms with Crippen LogP contribution in [0.3, 0.4) is 0 Å². The first-order valence-corrected chi connectivity index (χ1v) is 22.7. The van der Waals surface area contributed by atoms with Crippen molar-refractivity contribution in [2.75, 3.05) is 0 Å². The van der Waals surface area contributed by atoms with Gasteiger partial charge in [0.1, 0.15) is 34.6 Å². The molecule has 13 aromatic rings. The van der Waals surface area contributed by atoms with Crippen molar-refractivity contribution < 1.29 is 9.47 Å². The summed E-state index contributed by atoms with van der Waals surface area (Å²) in [6.45, 7) is 6.42. The lowest BCUT2D eigenvalue weighted by Gasteiger charge is -2.13. The van der Waals surface area contributed by atoms with E-state index >= 15 is 0 Å². The average molecular weight is 880 g/mol. The molecule has 0 fully saturated rings. The second-order valence-electron chi connectivity index (χ2n) is 17.4. The van der Waals surface area contributed by atoms with Crippen LogP contribution in [0.25, 0.3) is 94.1 Å². The van der Waals surface area contributed by atoms with Crippen LogP contribution < -0.4 is 9.47 Å². The number of hydrogen-bond acceptors (Lipinski definition) is 6. The molecule has 0 aliphatic rings. The van der Waals surface area contributed by atoms with Gasteiger partial charge in [-0.25, -0.2) is 19.9 Å². The Balaban J connectivity index is 0.937. The Morgan fingerprint density at radius 2 is 0.735 bits per heavy atom. The van der Waals surface area contributed by atoms with E-state index in [9.17, 15) is 0 Å². The van der Waals surface area contributed by atoms with Gasteiger partial charge >= 0.3 is 0 Å². The molecule has 0 bridgehead atoms. The lowest BCUT2D eigenvalue weighted by Crippen LogP contribution is -2.02.